The van der Waals surface area contributed by atoms with Crippen LogP contribution in [-0.4, -0.2) is 36.6 Å². The largest absolute Gasteiger partial charge is 0.334 e. The molecule has 4 rings (SSSR count). The molecule has 3 aromatic carbocycles. The lowest BCUT2D eigenvalue weighted by molar-refractivity contribution is -0.138. The van der Waals surface area contributed by atoms with E-state index in [1.807, 2.05) is 65.6 Å². The Bertz CT molecular complexity index is 1130. The molecule has 0 N–H and O–H groups in total. The highest BCUT2D eigenvalue weighted by atomic mass is 32.2. The lowest BCUT2D eigenvalue weighted by atomic mass is 9.97. The van der Waals surface area contributed by atoms with Crippen LogP contribution in [0.5, 0.6) is 0 Å². The van der Waals surface area contributed by atoms with Crippen molar-refractivity contribution in [1.29, 1.82) is 0 Å². The number of benzene rings is 3. The van der Waals surface area contributed by atoms with Gasteiger partial charge in [0.15, 0.2) is 0 Å². The minimum absolute atomic E-state index is 0.0439. The number of carbonyl (C=O) groups is 1. The van der Waals surface area contributed by atoms with Gasteiger partial charge in [-0.2, -0.15) is 4.31 Å². The molecule has 5 nitrogen and oxygen atoms in total. The Hall–Kier alpha value is -3.03. The van der Waals surface area contributed by atoms with Gasteiger partial charge in [0.25, 0.3) is 0 Å². The molecule has 1 aliphatic rings. The summed E-state index contributed by atoms with van der Waals surface area (Å²) in [5.41, 5.74) is 2.04. The maximum atomic E-state index is 13.6. The van der Waals surface area contributed by atoms with Crippen LogP contribution in [-0.2, 0) is 27.9 Å². The van der Waals surface area contributed by atoms with E-state index in [-0.39, 0.29) is 17.3 Å². The predicted molar refractivity (Wildman–Crippen MR) is 125 cm³/mol. The zero-order chi connectivity index (χ0) is 23.3. The van der Waals surface area contributed by atoms with E-state index < -0.39 is 21.8 Å². The molecule has 1 aliphatic heterocycles. The van der Waals surface area contributed by atoms with E-state index in [4.69, 9.17) is 0 Å². The number of nitrogens with zero attached hydrogens (tertiary/aromatic N) is 2. The second-order valence-corrected chi connectivity index (χ2v) is 10.3. The number of hydrogen-bond acceptors (Lipinski definition) is 3. The van der Waals surface area contributed by atoms with Crippen LogP contribution in [0.15, 0.2) is 89.8 Å². The maximum absolute atomic E-state index is 13.6. The monoisotopic (exact) mass is 466 g/mol. The molecule has 1 atom stereocenters. The van der Waals surface area contributed by atoms with E-state index in [0.29, 0.717) is 32.5 Å². The Morgan fingerprint density at radius 1 is 0.879 bits per heavy atom. The van der Waals surface area contributed by atoms with Crippen LogP contribution in [0.4, 0.5) is 4.39 Å². The van der Waals surface area contributed by atoms with Crippen molar-refractivity contribution < 1.29 is 17.6 Å². The first-order chi connectivity index (χ1) is 15.9. The Morgan fingerprint density at radius 3 is 1.97 bits per heavy atom. The van der Waals surface area contributed by atoms with Crippen molar-refractivity contribution in [3.8, 4) is 0 Å². The van der Waals surface area contributed by atoms with Crippen LogP contribution in [0.25, 0.3) is 0 Å². The molecule has 3 aromatic rings. The van der Waals surface area contributed by atoms with Crippen LogP contribution < -0.4 is 0 Å². The summed E-state index contributed by atoms with van der Waals surface area (Å²) in [7, 11) is -3.79. The quantitative estimate of drug-likeness (QED) is 0.517. The predicted octanol–water partition coefficient (Wildman–Crippen LogP) is 4.46. The number of amides is 1. The van der Waals surface area contributed by atoms with Crippen molar-refractivity contribution >= 4 is 15.9 Å². The summed E-state index contributed by atoms with van der Waals surface area (Å²) in [5, 5.41) is 0. The zero-order valence-electron chi connectivity index (χ0n) is 18.3. The summed E-state index contributed by atoms with van der Waals surface area (Å²) < 4.78 is 40.8. The molecule has 0 aromatic heterocycles. The molecule has 0 spiro atoms. The number of piperidine rings is 1. The number of halogens is 1. The Balaban J connectivity index is 1.54. The summed E-state index contributed by atoms with van der Waals surface area (Å²) in [6, 6.07) is 24.4. The highest BCUT2D eigenvalue weighted by Crippen LogP contribution is 2.26. The molecule has 7 heteroatoms. The van der Waals surface area contributed by atoms with E-state index in [0.717, 1.165) is 23.3 Å². The van der Waals surface area contributed by atoms with E-state index in [9.17, 15) is 17.6 Å². The third-order valence-electron chi connectivity index (χ3n) is 5.93. The van der Waals surface area contributed by atoms with Gasteiger partial charge in [-0.3, -0.25) is 4.79 Å². The van der Waals surface area contributed by atoms with Crippen molar-refractivity contribution in [2.75, 3.05) is 13.1 Å². The minimum atomic E-state index is -3.79. The van der Waals surface area contributed by atoms with Crippen molar-refractivity contribution in [2.24, 2.45) is 5.92 Å². The third-order valence-corrected chi connectivity index (χ3v) is 7.81. The molecule has 172 valence electrons. The molecule has 0 saturated carbocycles. The Labute approximate surface area is 194 Å². The van der Waals surface area contributed by atoms with E-state index in [2.05, 4.69) is 0 Å². The van der Waals surface area contributed by atoms with Gasteiger partial charge in [-0.1, -0.05) is 60.7 Å². The first kappa shape index (κ1) is 23.1. The number of carbonyl (C=O) groups excluding carboxylic acids is 1. The van der Waals surface area contributed by atoms with Gasteiger partial charge < -0.3 is 4.90 Å². The maximum Gasteiger partial charge on any atom is 0.243 e. The number of hydrogen-bond donors (Lipinski definition) is 0. The molecule has 1 fully saturated rings. The van der Waals surface area contributed by atoms with Gasteiger partial charge in [0.05, 0.1) is 10.8 Å². The fraction of sp³-hybridized carbons (Fsp3) is 0.269. The molecule has 1 heterocycles. The molecule has 1 unspecified atom stereocenters. The molecule has 1 saturated heterocycles. The van der Waals surface area contributed by atoms with Gasteiger partial charge in [-0.05, 0) is 48.2 Å². The second kappa shape index (κ2) is 10.3. The number of sulfonamides is 1. The van der Waals surface area contributed by atoms with E-state index in [1.165, 1.54) is 16.4 Å². The molecule has 33 heavy (non-hydrogen) atoms. The Kier molecular flexibility index (Phi) is 7.20. The fourth-order valence-corrected chi connectivity index (χ4v) is 5.72. The lowest BCUT2D eigenvalue weighted by Gasteiger charge is -2.34. The van der Waals surface area contributed by atoms with Gasteiger partial charge >= 0.3 is 0 Å². The smallest absolute Gasteiger partial charge is 0.243 e. The SMILES string of the molecule is O=C(C1CCCN(S(=O)(=O)c2ccc(F)cc2)C1)N(Cc1ccccc1)Cc1ccccc1. The summed E-state index contributed by atoms with van der Waals surface area (Å²) >= 11 is 0. The highest BCUT2D eigenvalue weighted by Gasteiger charge is 2.35. The van der Waals surface area contributed by atoms with Crippen LogP contribution in [0.3, 0.4) is 0 Å². The molecule has 1 amide bonds. The van der Waals surface area contributed by atoms with Crippen molar-refractivity contribution in [3.63, 3.8) is 0 Å². The standard InChI is InChI=1S/C26H27FN2O3S/c27-24-13-15-25(16-14-24)33(31,32)29-17-7-12-23(20-29)26(30)28(18-21-8-3-1-4-9-21)19-22-10-5-2-6-11-22/h1-6,8-11,13-16,23H,7,12,17-20H2. The average molecular weight is 467 g/mol. The summed E-state index contributed by atoms with van der Waals surface area (Å²) in [4.78, 5) is 15.5. The minimum Gasteiger partial charge on any atom is -0.334 e. The average Bonchev–Trinajstić information content (AvgIpc) is 2.85. The van der Waals surface area contributed by atoms with Crippen LogP contribution in [0, 0.1) is 11.7 Å². The topological polar surface area (TPSA) is 57.7 Å². The first-order valence-electron chi connectivity index (χ1n) is 11.1. The van der Waals surface area contributed by atoms with Crippen LogP contribution in [0.2, 0.25) is 0 Å². The number of rotatable bonds is 7. The second-order valence-electron chi connectivity index (χ2n) is 8.32. The van der Waals surface area contributed by atoms with E-state index in [1.54, 1.807) is 0 Å². The van der Waals surface area contributed by atoms with Crippen molar-refractivity contribution in [1.82, 2.24) is 9.21 Å². The molecular weight excluding hydrogens is 439 g/mol. The molecule has 0 aliphatic carbocycles. The van der Waals surface area contributed by atoms with Crippen LogP contribution in [0.1, 0.15) is 24.0 Å². The van der Waals surface area contributed by atoms with Gasteiger partial charge in [0.1, 0.15) is 5.82 Å². The van der Waals surface area contributed by atoms with Gasteiger partial charge in [0.2, 0.25) is 15.9 Å². The third kappa shape index (κ3) is 5.67. The lowest BCUT2D eigenvalue weighted by Crippen LogP contribution is -2.46. The van der Waals surface area contributed by atoms with Crippen molar-refractivity contribution in [2.45, 2.75) is 30.8 Å². The molecule has 0 bridgehead atoms. The first-order valence-corrected chi connectivity index (χ1v) is 12.5. The van der Waals surface area contributed by atoms with Crippen molar-refractivity contribution in [3.05, 3.63) is 102 Å². The zero-order valence-corrected chi connectivity index (χ0v) is 19.1. The van der Waals surface area contributed by atoms with Gasteiger partial charge in [0, 0.05) is 26.2 Å². The Morgan fingerprint density at radius 2 is 1.42 bits per heavy atom. The molecular formula is C26H27FN2O3S. The summed E-state index contributed by atoms with van der Waals surface area (Å²) in [6.45, 7) is 1.38. The fourth-order valence-electron chi connectivity index (χ4n) is 4.20. The normalized spacial score (nSPS) is 16.9. The molecule has 0 radical (unpaired) electrons. The van der Waals surface area contributed by atoms with Crippen LogP contribution >= 0.6 is 0 Å². The van der Waals surface area contributed by atoms with E-state index >= 15 is 0 Å². The summed E-state index contributed by atoms with van der Waals surface area (Å²) in [5.74, 6) is -0.971. The highest BCUT2D eigenvalue weighted by molar-refractivity contribution is 7.89. The summed E-state index contributed by atoms with van der Waals surface area (Å²) in [6.07, 6.45) is 1.23. The van der Waals surface area contributed by atoms with Gasteiger partial charge in [-0.25, -0.2) is 12.8 Å². The van der Waals surface area contributed by atoms with Gasteiger partial charge in [-0.15, -0.1) is 0 Å².